The number of carbonyl (C=O) groups excluding carboxylic acids is 3. The number of methoxy groups -OCH3 is 1. The third-order valence-electron chi connectivity index (χ3n) is 12.2. The normalized spacial score (nSPS) is 20.8. The minimum Gasteiger partial charge on any atom is -0.469 e. The number of nitrogens with one attached hydrogen (secondary N) is 1. The van der Waals surface area contributed by atoms with E-state index in [2.05, 4.69) is 15.1 Å². The maximum absolute atomic E-state index is 13.8. The topological polar surface area (TPSA) is 135 Å². The number of nitrogens with zero attached hydrogens (tertiary/aromatic N) is 6. The fraction of sp³-hybridized carbons (Fsp3) is 0.500. The van der Waals surface area contributed by atoms with Gasteiger partial charge < -0.3 is 24.3 Å². The SMILES string of the molecule is COC(=O)C1(C)CCC(N2CCc3c(nc(C(=O)Nc4cccc(-c5cccc(CC(=O)c6nc7c(n6C)CCN(C[C@H](C)O)C7)c5C)c4Cl)n3C)C2)CC1. The van der Waals surface area contributed by atoms with Crippen LogP contribution in [0.1, 0.15) is 94.7 Å². The van der Waals surface area contributed by atoms with Crippen molar-refractivity contribution in [3.8, 4) is 11.1 Å². The van der Waals surface area contributed by atoms with E-state index in [1.165, 1.54) is 7.11 Å². The molecule has 55 heavy (non-hydrogen) atoms. The average Bonchev–Trinajstić information content (AvgIpc) is 3.68. The Morgan fingerprint density at radius 1 is 0.964 bits per heavy atom. The Labute approximate surface area is 327 Å². The van der Waals surface area contributed by atoms with E-state index in [4.69, 9.17) is 26.3 Å². The van der Waals surface area contributed by atoms with Crippen molar-refractivity contribution >= 4 is 34.9 Å². The van der Waals surface area contributed by atoms with Gasteiger partial charge in [-0.3, -0.25) is 24.2 Å². The third-order valence-corrected chi connectivity index (χ3v) is 12.6. The fourth-order valence-electron chi connectivity index (χ4n) is 8.91. The monoisotopic (exact) mass is 769 g/mol. The number of ether oxygens (including phenoxy) is 1. The maximum Gasteiger partial charge on any atom is 0.311 e. The number of rotatable bonds is 10. The number of benzene rings is 2. The van der Waals surface area contributed by atoms with E-state index in [9.17, 15) is 19.5 Å². The number of amides is 1. The minimum atomic E-state index is -0.425. The van der Waals surface area contributed by atoms with Gasteiger partial charge in [0.25, 0.3) is 5.91 Å². The van der Waals surface area contributed by atoms with E-state index >= 15 is 0 Å². The second-order valence-corrected chi connectivity index (χ2v) is 16.3. The third kappa shape index (κ3) is 7.61. The second-order valence-electron chi connectivity index (χ2n) is 15.9. The summed E-state index contributed by atoms with van der Waals surface area (Å²) in [5, 5.41) is 13.3. The van der Waals surface area contributed by atoms with Gasteiger partial charge in [-0.1, -0.05) is 41.9 Å². The molecule has 292 valence electrons. The van der Waals surface area contributed by atoms with Crippen molar-refractivity contribution in [3.63, 3.8) is 0 Å². The van der Waals surface area contributed by atoms with Crippen molar-refractivity contribution in [2.45, 2.75) is 91.0 Å². The molecular formula is C42H52ClN7O5. The van der Waals surface area contributed by atoms with Gasteiger partial charge in [0.05, 0.1) is 40.7 Å². The highest BCUT2D eigenvalue weighted by molar-refractivity contribution is 6.36. The average molecular weight is 770 g/mol. The molecule has 0 spiro atoms. The smallest absolute Gasteiger partial charge is 0.311 e. The number of anilines is 1. The molecule has 2 aliphatic heterocycles. The van der Waals surface area contributed by atoms with Crippen LogP contribution in [0.25, 0.3) is 11.1 Å². The van der Waals surface area contributed by atoms with Crippen molar-refractivity contribution < 1.29 is 24.2 Å². The van der Waals surface area contributed by atoms with Crippen molar-refractivity contribution in [1.82, 2.24) is 28.9 Å². The molecule has 7 rings (SSSR count). The number of ketones is 1. The second kappa shape index (κ2) is 15.6. The van der Waals surface area contributed by atoms with Crippen LogP contribution in [-0.2, 0) is 56.0 Å². The highest BCUT2D eigenvalue weighted by Crippen LogP contribution is 2.40. The van der Waals surface area contributed by atoms with Gasteiger partial charge in [-0.15, -0.1) is 0 Å². The summed E-state index contributed by atoms with van der Waals surface area (Å²) in [6.45, 7) is 9.31. The zero-order valence-corrected chi connectivity index (χ0v) is 33.5. The minimum absolute atomic E-state index is 0.0625. The Morgan fingerprint density at radius 3 is 2.31 bits per heavy atom. The highest BCUT2D eigenvalue weighted by Gasteiger charge is 2.41. The highest BCUT2D eigenvalue weighted by atomic mass is 35.5. The summed E-state index contributed by atoms with van der Waals surface area (Å²) in [5.74, 6) is 0.246. The molecule has 1 amide bonds. The number of β-amino-alcohol motifs (C(OH)–C–C–N with tert-alkyl or cyclic N) is 1. The predicted octanol–water partition coefficient (Wildman–Crippen LogP) is 5.68. The van der Waals surface area contributed by atoms with Crippen molar-refractivity contribution in [2.24, 2.45) is 19.5 Å². The van der Waals surface area contributed by atoms with E-state index in [-0.39, 0.29) is 24.1 Å². The number of imidazole rings is 2. The van der Waals surface area contributed by atoms with Gasteiger partial charge in [-0.05, 0) is 69.2 Å². The predicted molar refractivity (Wildman–Crippen MR) is 211 cm³/mol. The Kier molecular flexibility index (Phi) is 11.1. The Hall–Kier alpha value is -4.36. The molecule has 3 aliphatic rings. The number of carbonyl (C=O) groups is 3. The molecule has 2 aromatic heterocycles. The number of Topliss-reactive ketones (excluding diaryl/α,β-unsaturated/α-hetero) is 1. The molecule has 13 heteroatoms. The molecular weight excluding hydrogens is 718 g/mol. The van der Waals surface area contributed by atoms with Crippen molar-refractivity contribution in [2.75, 3.05) is 32.1 Å². The molecule has 1 saturated carbocycles. The molecule has 0 radical (unpaired) electrons. The summed E-state index contributed by atoms with van der Waals surface area (Å²) >= 11 is 7.04. The van der Waals surface area contributed by atoms with Gasteiger partial charge in [0.2, 0.25) is 5.78 Å². The van der Waals surface area contributed by atoms with Crippen LogP contribution in [0.4, 0.5) is 5.69 Å². The summed E-state index contributed by atoms with van der Waals surface area (Å²) in [5.41, 5.74) is 7.42. The lowest BCUT2D eigenvalue weighted by Crippen LogP contribution is -2.45. The van der Waals surface area contributed by atoms with Gasteiger partial charge in [-0.2, -0.15) is 0 Å². The molecule has 0 saturated heterocycles. The zero-order chi connectivity index (χ0) is 39.2. The number of aromatic nitrogens is 4. The molecule has 0 unspecified atom stereocenters. The van der Waals surface area contributed by atoms with Gasteiger partial charge in [0.15, 0.2) is 11.6 Å². The first kappa shape index (κ1) is 38.9. The van der Waals surface area contributed by atoms with E-state index in [1.807, 2.05) is 67.4 Å². The van der Waals surface area contributed by atoms with Crippen molar-refractivity contribution in [1.29, 1.82) is 0 Å². The van der Waals surface area contributed by atoms with Crippen LogP contribution in [0.15, 0.2) is 36.4 Å². The quantitative estimate of drug-likeness (QED) is 0.154. The molecule has 4 aromatic rings. The number of hydrogen-bond donors (Lipinski definition) is 2. The van der Waals surface area contributed by atoms with Crippen LogP contribution in [0, 0.1) is 12.3 Å². The largest absolute Gasteiger partial charge is 0.469 e. The number of fused-ring (bicyclic) bond motifs is 2. The molecule has 2 aromatic carbocycles. The van der Waals surface area contributed by atoms with Gasteiger partial charge in [-0.25, -0.2) is 9.97 Å². The van der Waals surface area contributed by atoms with Crippen LogP contribution in [0.3, 0.4) is 0 Å². The van der Waals surface area contributed by atoms with Gasteiger partial charge in [0.1, 0.15) is 0 Å². The summed E-state index contributed by atoms with van der Waals surface area (Å²) in [7, 11) is 5.25. The lowest BCUT2D eigenvalue weighted by Gasteiger charge is -2.41. The zero-order valence-electron chi connectivity index (χ0n) is 32.7. The molecule has 1 atom stereocenters. The Morgan fingerprint density at radius 2 is 1.60 bits per heavy atom. The molecule has 2 N–H and O–H groups in total. The molecule has 1 aliphatic carbocycles. The number of esters is 1. The first-order valence-electron chi connectivity index (χ1n) is 19.3. The van der Waals surface area contributed by atoms with Crippen LogP contribution in [0.2, 0.25) is 5.02 Å². The van der Waals surface area contributed by atoms with Crippen molar-refractivity contribution in [3.05, 3.63) is 87.0 Å². The van der Waals surface area contributed by atoms with Crippen LogP contribution in [-0.4, -0.2) is 90.6 Å². The number of hydrogen-bond acceptors (Lipinski definition) is 9. The Bertz CT molecular complexity index is 2130. The summed E-state index contributed by atoms with van der Waals surface area (Å²) in [6, 6.07) is 11.8. The Balaban J connectivity index is 1.04. The van der Waals surface area contributed by atoms with Gasteiger partial charge in [0, 0.05) is 89.1 Å². The van der Waals surface area contributed by atoms with Gasteiger partial charge >= 0.3 is 5.97 Å². The van der Waals surface area contributed by atoms with E-state index < -0.39 is 11.5 Å². The summed E-state index contributed by atoms with van der Waals surface area (Å²) < 4.78 is 8.88. The lowest BCUT2D eigenvalue weighted by molar-refractivity contribution is -0.154. The number of halogens is 1. The molecule has 1 fully saturated rings. The maximum atomic E-state index is 13.8. The standard InChI is InChI=1S/C42H52ClN7O5/c1-25(51)22-49-19-15-34-32(23-49)44-38(47(34)4)36(52)21-27-9-7-10-29(26(27)2)30-11-8-12-31(37(30)43)46-40(53)39-45-33-24-50(20-16-35(33)48(39)5)28-13-17-42(3,18-14-28)41(54)55-6/h7-12,25,28,51H,13-24H2,1-6H3,(H,46,53)/t25-,28?,42?/m0/s1. The van der Waals surface area contributed by atoms with Crippen LogP contribution >= 0.6 is 11.6 Å². The number of aliphatic hydroxyl groups is 1. The van der Waals surface area contributed by atoms with E-state index in [0.29, 0.717) is 48.0 Å². The van der Waals surface area contributed by atoms with Crippen LogP contribution < -0.4 is 5.32 Å². The van der Waals surface area contributed by atoms with E-state index in [0.717, 1.165) is 96.6 Å². The summed E-state index contributed by atoms with van der Waals surface area (Å²) in [4.78, 5) is 54.0. The fourth-order valence-corrected chi connectivity index (χ4v) is 9.19. The first-order valence-corrected chi connectivity index (χ1v) is 19.7. The molecule has 0 bridgehead atoms. The molecule has 4 heterocycles. The number of aliphatic hydroxyl groups excluding tert-OH is 1. The van der Waals surface area contributed by atoms with Crippen LogP contribution in [0.5, 0.6) is 0 Å². The molecule has 12 nitrogen and oxygen atoms in total. The summed E-state index contributed by atoms with van der Waals surface area (Å²) in [6.07, 6.45) is 4.76. The van der Waals surface area contributed by atoms with E-state index in [1.54, 1.807) is 13.0 Å². The first-order chi connectivity index (χ1) is 26.3. The lowest BCUT2D eigenvalue weighted by atomic mass is 9.73.